The predicted octanol–water partition coefficient (Wildman–Crippen LogP) is 1.46. The first kappa shape index (κ1) is 20.8. The molecular weight excluding hydrogens is 410 g/mol. The largest absolute Gasteiger partial charge is 0.494 e. The summed E-state index contributed by atoms with van der Waals surface area (Å²) in [6, 6.07) is 3.76. The number of amides is 1. The van der Waals surface area contributed by atoms with E-state index in [2.05, 4.69) is 9.88 Å². The second-order valence-electron chi connectivity index (χ2n) is 7.49. The Labute approximate surface area is 177 Å². The second kappa shape index (κ2) is 8.37. The molecule has 0 spiro atoms. The van der Waals surface area contributed by atoms with Crippen molar-refractivity contribution in [2.75, 3.05) is 38.3 Å². The van der Waals surface area contributed by atoms with Gasteiger partial charge in [-0.25, -0.2) is 9.78 Å². The molecule has 2 unspecified atom stereocenters. The lowest BCUT2D eigenvalue weighted by Gasteiger charge is -2.37. The quantitative estimate of drug-likeness (QED) is 0.677. The molecule has 2 aromatic rings. The molecular formula is C20H25N3O6S. The number of methoxy groups -OCH3 is 1. The minimum absolute atomic E-state index is 0.0856. The maximum Gasteiger partial charge on any atom is 0.368 e. The van der Waals surface area contributed by atoms with Crippen molar-refractivity contribution in [1.82, 2.24) is 4.98 Å². The zero-order valence-corrected chi connectivity index (χ0v) is 17.6. The predicted molar refractivity (Wildman–Crippen MR) is 111 cm³/mol. The van der Waals surface area contributed by atoms with Crippen molar-refractivity contribution in [2.24, 2.45) is 5.73 Å². The SMILES string of the molecule is COc1ccc(N2CCOCC2)c2sc(C(=O)OC3(C(N)=O)CCCCC3O)nc12. The van der Waals surface area contributed by atoms with E-state index in [9.17, 15) is 14.7 Å². The number of nitrogens with two attached hydrogens (primary N) is 1. The number of anilines is 1. The average molecular weight is 436 g/mol. The number of carbonyl (C=O) groups is 2. The molecule has 0 radical (unpaired) electrons. The smallest absolute Gasteiger partial charge is 0.368 e. The lowest BCUT2D eigenvalue weighted by molar-refractivity contribution is -0.157. The molecule has 2 aliphatic rings. The van der Waals surface area contributed by atoms with Crippen LogP contribution in [0.2, 0.25) is 0 Å². The summed E-state index contributed by atoms with van der Waals surface area (Å²) in [7, 11) is 1.54. The van der Waals surface area contributed by atoms with E-state index in [1.807, 2.05) is 12.1 Å². The Morgan fingerprint density at radius 2 is 2.10 bits per heavy atom. The van der Waals surface area contributed by atoms with Gasteiger partial charge in [-0.3, -0.25) is 4.79 Å². The molecule has 1 saturated carbocycles. The zero-order chi connectivity index (χ0) is 21.3. The van der Waals surface area contributed by atoms with Crippen molar-refractivity contribution in [3.8, 4) is 5.75 Å². The Hall–Kier alpha value is -2.43. The molecule has 10 heteroatoms. The number of aromatic nitrogens is 1. The van der Waals surface area contributed by atoms with E-state index in [4.69, 9.17) is 19.9 Å². The molecule has 4 rings (SSSR count). The monoisotopic (exact) mass is 435 g/mol. The Morgan fingerprint density at radius 3 is 2.77 bits per heavy atom. The molecule has 1 amide bonds. The van der Waals surface area contributed by atoms with Crippen LogP contribution in [0.1, 0.15) is 35.5 Å². The minimum Gasteiger partial charge on any atom is -0.494 e. The Morgan fingerprint density at radius 1 is 1.33 bits per heavy atom. The molecule has 2 fully saturated rings. The molecule has 1 saturated heterocycles. The van der Waals surface area contributed by atoms with Crippen LogP contribution < -0.4 is 15.4 Å². The van der Waals surface area contributed by atoms with E-state index in [-0.39, 0.29) is 11.4 Å². The average Bonchev–Trinajstić information content (AvgIpc) is 3.21. The summed E-state index contributed by atoms with van der Waals surface area (Å²) in [6.07, 6.45) is 0.811. The fourth-order valence-electron chi connectivity index (χ4n) is 4.07. The fourth-order valence-corrected chi connectivity index (χ4v) is 5.07. The van der Waals surface area contributed by atoms with Crippen molar-refractivity contribution in [3.63, 3.8) is 0 Å². The van der Waals surface area contributed by atoms with Gasteiger partial charge in [-0.15, -0.1) is 11.3 Å². The maximum absolute atomic E-state index is 13.0. The summed E-state index contributed by atoms with van der Waals surface area (Å²) < 4.78 is 17.2. The summed E-state index contributed by atoms with van der Waals surface area (Å²) in [4.78, 5) is 31.7. The highest BCUT2D eigenvalue weighted by Gasteiger charge is 2.49. The number of aliphatic hydroxyl groups is 1. The van der Waals surface area contributed by atoms with E-state index in [1.54, 1.807) is 7.11 Å². The molecule has 30 heavy (non-hydrogen) atoms. The van der Waals surface area contributed by atoms with Crippen molar-refractivity contribution in [1.29, 1.82) is 0 Å². The number of nitrogens with zero attached hydrogens (tertiary/aromatic N) is 2. The highest BCUT2D eigenvalue weighted by Crippen LogP contribution is 2.39. The van der Waals surface area contributed by atoms with E-state index < -0.39 is 23.6 Å². The van der Waals surface area contributed by atoms with Gasteiger partial charge < -0.3 is 30.0 Å². The molecule has 9 nitrogen and oxygen atoms in total. The lowest BCUT2D eigenvalue weighted by Crippen LogP contribution is -2.57. The molecule has 162 valence electrons. The number of primary amides is 1. The first-order valence-electron chi connectivity index (χ1n) is 9.98. The zero-order valence-electron chi connectivity index (χ0n) is 16.8. The van der Waals surface area contributed by atoms with Crippen LogP contribution in [-0.2, 0) is 14.3 Å². The van der Waals surface area contributed by atoms with Gasteiger partial charge in [-0.05, 0) is 31.4 Å². The Kier molecular flexibility index (Phi) is 5.81. The molecule has 3 N–H and O–H groups in total. The van der Waals surface area contributed by atoms with Gasteiger partial charge in [0.15, 0.2) is 0 Å². The number of benzene rings is 1. The van der Waals surface area contributed by atoms with Crippen molar-refractivity contribution < 1.29 is 28.9 Å². The summed E-state index contributed by atoms with van der Waals surface area (Å²) in [5.41, 5.74) is 5.30. The van der Waals surface area contributed by atoms with E-state index >= 15 is 0 Å². The van der Waals surface area contributed by atoms with Gasteiger partial charge >= 0.3 is 5.97 Å². The van der Waals surface area contributed by atoms with Gasteiger partial charge in [0.1, 0.15) is 17.4 Å². The first-order chi connectivity index (χ1) is 14.5. The molecule has 1 aliphatic carbocycles. The number of hydrogen-bond donors (Lipinski definition) is 2. The number of rotatable bonds is 5. The number of hydrogen-bond acceptors (Lipinski definition) is 9. The second-order valence-corrected chi connectivity index (χ2v) is 8.49. The van der Waals surface area contributed by atoms with Crippen LogP contribution in [-0.4, -0.2) is 67.1 Å². The third kappa shape index (κ3) is 3.59. The van der Waals surface area contributed by atoms with Gasteiger partial charge in [0, 0.05) is 13.1 Å². The third-order valence-corrected chi connectivity index (χ3v) is 6.80. The van der Waals surface area contributed by atoms with Crippen molar-refractivity contribution >= 4 is 39.1 Å². The van der Waals surface area contributed by atoms with Crippen LogP contribution in [0.25, 0.3) is 10.2 Å². The highest BCUT2D eigenvalue weighted by atomic mass is 32.1. The standard InChI is InChI=1S/C20H25N3O6S/c1-27-13-6-5-12(23-8-10-28-11-9-23)16-15(13)22-17(30-16)18(25)29-20(19(21)26)7-3-2-4-14(20)24/h5-6,14,24H,2-4,7-11H2,1H3,(H2,21,26). The van der Waals surface area contributed by atoms with Crippen LogP contribution >= 0.6 is 11.3 Å². The summed E-state index contributed by atoms with van der Waals surface area (Å²) in [6.45, 7) is 2.71. The van der Waals surface area contributed by atoms with Crippen LogP contribution in [0.4, 0.5) is 5.69 Å². The number of ether oxygens (including phenoxy) is 3. The number of carbonyl (C=O) groups excluding carboxylic acids is 2. The van der Waals surface area contributed by atoms with Gasteiger partial charge in [0.25, 0.3) is 5.91 Å². The van der Waals surface area contributed by atoms with E-state index in [1.165, 1.54) is 11.3 Å². The molecule has 1 aromatic heterocycles. The highest BCUT2D eigenvalue weighted by molar-refractivity contribution is 7.21. The summed E-state index contributed by atoms with van der Waals surface area (Å²) >= 11 is 1.17. The Balaban J connectivity index is 1.70. The van der Waals surface area contributed by atoms with Gasteiger partial charge in [-0.2, -0.15) is 0 Å². The van der Waals surface area contributed by atoms with E-state index in [0.717, 1.165) is 29.9 Å². The minimum atomic E-state index is -1.72. The Bertz CT molecular complexity index is 957. The van der Waals surface area contributed by atoms with E-state index in [0.29, 0.717) is 37.3 Å². The van der Waals surface area contributed by atoms with Crippen molar-refractivity contribution in [2.45, 2.75) is 37.4 Å². The lowest BCUT2D eigenvalue weighted by atomic mass is 9.81. The van der Waals surface area contributed by atoms with Gasteiger partial charge in [0.2, 0.25) is 10.6 Å². The fraction of sp³-hybridized carbons (Fsp3) is 0.550. The maximum atomic E-state index is 13.0. The van der Waals surface area contributed by atoms with Crippen LogP contribution in [0.5, 0.6) is 5.75 Å². The summed E-state index contributed by atoms with van der Waals surface area (Å²) in [5.74, 6) is -1.07. The topological polar surface area (TPSA) is 124 Å². The number of morpholine rings is 1. The van der Waals surface area contributed by atoms with Crippen LogP contribution in [0, 0.1) is 0 Å². The summed E-state index contributed by atoms with van der Waals surface area (Å²) in [5, 5.41) is 10.5. The number of thiazole rings is 1. The number of aliphatic hydroxyl groups excluding tert-OH is 1. The van der Waals surface area contributed by atoms with Crippen LogP contribution in [0.15, 0.2) is 12.1 Å². The van der Waals surface area contributed by atoms with Crippen LogP contribution in [0.3, 0.4) is 0 Å². The first-order valence-corrected chi connectivity index (χ1v) is 10.8. The van der Waals surface area contributed by atoms with Gasteiger partial charge in [-0.1, -0.05) is 6.42 Å². The normalized spacial score (nSPS) is 24.6. The molecule has 2 atom stereocenters. The number of fused-ring (bicyclic) bond motifs is 1. The third-order valence-electron chi connectivity index (χ3n) is 5.74. The molecule has 1 aromatic carbocycles. The molecule has 2 heterocycles. The molecule has 0 bridgehead atoms. The van der Waals surface area contributed by atoms with Crippen molar-refractivity contribution in [3.05, 3.63) is 17.1 Å². The number of esters is 1. The molecule has 1 aliphatic heterocycles. The van der Waals surface area contributed by atoms with Gasteiger partial charge in [0.05, 0.1) is 30.7 Å².